The Hall–Kier alpha value is -1.09. The largest absolute Gasteiger partial charge is 0.492 e. The molecule has 0 spiro atoms. The maximum Gasteiger partial charge on any atom is 0.122 e. The maximum atomic E-state index is 6.37. The summed E-state index contributed by atoms with van der Waals surface area (Å²) in [6.45, 7) is 0.622. The first kappa shape index (κ1) is 11.4. The first-order chi connectivity index (χ1) is 7.79. The Morgan fingerprint density at radius 3 is 2.38 bits per heavy atom. The van der Waals surface area contributed by atoms with Gasteiger partial charge in [-0.15, -0.1) is 0 Å². The zero-order chi connectivity index (χ0) is 11.3. The fourth-order valence-electron chi connectivity index (χ4n) is 2.24. The molecule has 0 aromatic carbocycles. The van der Waals surface area contributed by atoms with Crippen LogP contribution >= 0.6 is 0 Å². The van der Waals surface area contributed by atoms with Crippen molar-refractivity contribution in [3.8, 4) is 5.75 Å². The number of nitrogens with two attached hydrogens (primary N) is 1. The second-order valence-corrected chi connectivity index (χ2v) is 4.75. The molecule has 0 saturated heterocycles. The zero-order valence-electron chi connectivity index (χ0n) is 9.69. The zero-order valence-corrected chi connectivity index (χ0v) is 9.69. The standard InChI is InChI=1S/C13H20N2O/c14-13(7-3-1-2-4-8-13)11-16-12-5-9-15-10-6-12/h5-6,9-10H,1-4,7-8,11,14H2. The second-order valence-electron chi connectivity index (χ2n) is 4.75. The highest BCUT2D eigenvalue weighted by Crippen LogP contribution is 2.25. The van der Waals surface area contributed by atoms with Gasteiger partial charge in [0.1, 0.15) is 12.4 Å². The van der Waals surface area contributed by atoms with Gasteiger partial charge in [-0.3, -0.25) is 4.98 Å². The molecule has 88 valence electrons. The van der Waals surface area contributed by atoms with Gasteiger partial charge in [0, 0.05) is 12.4 Å². The Morgan fingerprint density at radius 2 is 1.75 bits per heavy atom. The number of nitrogens with zero attached hydrogens (tertiary/aromatic N) is 1. The molecule has 1 fully saturated rings. The molecular formula is C13H20N2O. The van der Waals surface area contributed by atoms with Crippen LogP contribution in [0.4, 0.5) is 0 Å². The fraction of sp³-hybridized carbons (Fsp3) is 0.615. The van der Waals surface area contributed by atoms with Crippen LogP contribution in [0.25, 0.3) is 0 Å². The fourth-order valence-corrected chi connectivity index (χ4v) is 2.24. The molecule has 1 aromatic heterocycles. The van der Waals surface area contributed by atoms with Crippen LogP contribution < -0.4 is 10.5 Å². The van der Waals surface area contributed by atoms with E-state index < -0.39 is 0 Å². The van der Waals surface area contributed by atoms with Crippen molar-refractivity contribution in [3.63, 3.8) is 0 Å². The smallest absolute Gasteiger partial charge is 0.122 e. The number of pyridine rings is 1. The van der Waals surface area contributed by atoms with Crippen molar-refractivity contribution in [2.24, 2.45) is 5.73 Å². The van der Waals surface area contributed by atoms with Crippen molar-refractivity contribution < 1.29 is 4.74 Å². The predicted octanol–water partition coefficient (Wildman–Crippen LogP) is 2.51. The highest BCUT2D eigenvalue weighted by Gasteiger charge is 2.26. The minimum atomic E-state index is -0.125. The summed E-state index contributed by atoms with van der Waals surface area (Å²) in [5, 5.41) is 0. The van der Waals surface area contributed by atoms with Crippen LogP contribution in [0.5, 0.6) is 5.75 Å². The van der Waals surface area contributed by atoms with Gasteiger partial charge in [-0.1, -0.05) is 25.7 Å². The lowest BCUT2D eigenvalue weighted by molar-refractivity contribution is 0.199. The molecule has 0 aliphatic heterocycles. The lowest BCUT2D eigenvalue weighted by Crippen LogP contribution is -2.45. The van der Waals surface area contributed by atoms with Crippen LogP contribution in [0.1, 0.15) is 38.5 Å². The molecule has 16 heavy (non-hydrogen) atoms. The summed E-state index contributed by atoms with van der Waals surface area (Å²) < 4.78 is 5.74. The Bertz CT molecular complexity index is 305. The third-order valence-electron chi connectivity index (χ3n) is 3.28. The summed E-state index contributed by atoms with van der Waals surface area (Å²) in [7, 11) is 0. The van der Waals surface area contributed by atoms with E-state index in [4.69, 9.17) is 10.5 Å². The van der Waals surface area contributed by atoms with E-state index in [-0.39, 0.29) is 5.54 Å². The summed E-state index contributed by atoms with van der Waals surface area (Å²) in [6, 6.07) is 3.75. The van der Waals surface area contributed by atoms with Crippen molar-refractivity contribution in [3.05, 3.63) is 24.5 Å². The van der Waals surface area contributed by atoms with E-state index >= 15 is 0 Å². The average molecular weight is 220 g/mol. The van der Waals surface area contributed by atoms with Gasteiger partial charge in [0.15, 0.2) is 0 Å². The van der Waals surface area contributed by atoms with Gasteiger partial charge in [0.25, 0.3) is 0 Å². The molecule has 0 radical (unpaired) electrons. The molecule has 1 saturated carbocycles. The van der Waals surface area contributed by atoms with Crippen LogP contribution in [0.3, 0.4) is 0 Å². The summed E-state index contributed by atoms with van der Waals surface area (Å²) in [5.74, 6) is 0.865. The molecule has 1 aliphatic rings. The molecule has 3 heteroatoms. The third-order valence-corrected chi connectivity index (χ3v) is 3.28. The molecule has 1 aromatic rings. The normalized spacial score (nSPS) is 20.1. The first-order valence-corrected chi connectivity index (χ1v) is 6.10. The quantitative estimate of drug-likeness (QED) is 0.796. The third kappa shape index (κ3) is 3.20. The molecule has 0 atom stereocenters. The van der Waals surface area contributed by atoms with E-state index in [1.807, 2.05) is 12.1 Å². The van der Waals surface area contributed by atoms with Crippen molar-refractivity contribution in [2.45, 2.75) is 44.1 Å². The van der Waals surface area contributed by atoms with Crippen molar-refractivity contribution >= 4 is 0 Å². The lowest BCUT2D eigenvalue weighted by atomic mass is 9.93. The van der Waals surface area contributed by atoms with Gasteiger partial charge >= 0.3 is 0 Å². The minimum Gasteiger partial charge on any atom is -0.492 e. The monoisotopic (exact) mass is 220 g/mol. The molecule has 2 rings (SSSR count). The van der Waals surface area contributed by atoms with Crippen molar-refractivity contribution in [2.75, 3.05) is 6.61 Å². The minimum absolute atomic E-state index is 0.125. The molecule has 1 heterocycles. The highest BCUT2D eigenvalue weighted by molar-refractivity contribution is 5.17. The van der Waals surface area contributed by atoms with Crippen LogP contribution in [-0.2, 0) is 0 Å². The Balaban J connectivity index is 1.88. The average Bonchev–Trinajstić information content (AvgIpc) is 2.54. The summed E-state index contributed by atoms with van der Waals surface area (Å²) in [5.41, 5.74) is 6.24. The summed E-state index contributed by atoms with van der Waals surface area (Å²) in [6.07, 6.45) is 10.7. The lowest BCUT2D eigenvalue weighted by Gasteiger charge is -2.27. The van der Waals surface area contributed by atoms with Crippen molar-refractivity contribution in [1.29, 1.82) is 0 Å². The van der Waals surface area contributed by atoms with E-state index in [0.717, 1.165) is 18.6 Å². The van der Waals surface area contributed by atoms with Crippen LogP contribution in [0, 0.1) is 0 Å². The molecule has 2 N–H and O–H groups in total. The van der Waals surface area contributed by atoms with E-state index in [9.17, 15) is 0 Å². The Labute approximate surface area is 97.0 Å². The maximum absolute atomic E-state index is 6.37. The van der Waals surface area contributed by atoms with E-state index in [1.165, 1.54) is 25.7 Å². The van der Waals surface area contributed by atoms with Gasteiger partial charge in [-0.05, 0) is 25.0 Å². The molecule has 0 unspecified atom stereocenters. The second kappa shape index (κ2) is 5.30. The van der Waals surface area contributed by atoms with Gasteiger partial charge in [0.2, 0.25) is 0 Å². The van der Waals surface area contributed by atoms with Crippen molar-refractivity contribution in [1.82, 2.24) is 4.98 Å². The van der Waals surface area contributed by atoms with E-state index in [0.29, 0.717) is 6.61 Å². The van der Waals surface area contributed by atoms with Crippen LogP contribution in [0.15, 0.2) is 24.5 Å². The van der Waals surface area contributed by atoms with E-state index in [1.54, 1.807) is 12.4 Å². The molecule has 3 nitrogen and oxygen atoms in total. The number of hydrogen-bond acceptors (Lipinski definition) is 3. The SMILES string of the molecule is NC1(COc2ccncc2)CCCCCC1. The molecule has 0 amide bonds. The summed E-state index contributed by atoms with van der Waals surface area (Å²) in [4.78, 5) is 3.96. The van der Waals surface area contributed by atoms with Gasteiger partial charge in [-0.25, -0.2) is 0 Å². The number of rotatable bonds is 3. The Kier molecular flexibility index (Phi) is 3.78. The van der Waals surface area contributed by atoms with Crippen LogP contribution in [0.2, 0.25) is 0 Å². The molecule has 0 bridgehead atoms. The predicted molar refractivity (Wildman–Crippen MR) is 64.4 cm³/mol. The topological polar surface area (TPSA) is 48.1 Å². The van der Waals surface area contributed by atoms with Gasteiger partial charge in [-0.2, -0.15) is 0 Å². The summed E-state index contributed by atoms with van der Waals surface area (Å²) >= 11 is 0. The first-order valence-electron chi connectivity index (χ1n) is 6.10. The number of hydrogen-bond donors (Lipinski definition) is 1. The van der Waals surface area contributed by atoms with Crippen LogP contribution in [-0.4, -0.2) is 17.1 Å². The molecule has 1 aliphatic carbocycles. The molecular weight excluding hydrogens is 200 g/mol. The van der Waals surface area contributed by atoms with Gasteiger partial charge in [0.05, 0.1) is 5.54 Å². The number of ether oxygens (including phenoxy) is 1. The van der Waals surface area contributed by atoms with E-state index in [2.05, 4.69) is 4.98 Å². The number of aromatic nitrogens is 1. The van der Waals surface area contributed by atoms with Gasteiger partial charge < -0.3 is 10.5 Å². The highest BCUT2D eigenvalue weighted by atomic mass is 16.5. The Morgan fingerprint density at radius 1 is 1.12 bits per heavy atom.